The zero-order valence-corrected chi connectivity index (χ0v) is 16.9. The predicted molar refractivity (Wildman–Crippen MR) is 103 cm³/mol. The van der Waals surface area contributed by atoms with Crippen molar-refractivity contribution in [3.8, 4) is 0 Å². The maximum Gasteiger partial charge on any atom is 0.283 e. The number of carbonyl (C=O) groups is 1. The van der Waals surface area contributed by atoms with Crippen molar-refractivity contribution in [3.05, 3.63) is 56.5 Å². The number of aromatic nitrogens is 2. The first-order valence-corrected chi connectivity index (χ1v) is 9.39. The summed E-state index contributed by atoms with van der Waals surface area (Å²) < 4.78 is 41.5. The van der Waals surface area contributed by atoms with Gasteiger partial charge in [0.05, 0.1) is 10.0 Å². The summed E-state index contributed by atoms with van der Waals surface area (Å²) in [6, 6.07) is 2.75. The minimum atomic E-state index is -3.08. The highest BCUT2D eigenvalue weighted by Gasteiger charge is 2.38. The molecule has 28 heavy (non-hydrogen) atoms. The SMILES string of the molecule is C=C(CN(C(=O)c1c(C(F)F)nn(C)c1F)C1CC1)c1c(Cl)cc(Cl)cc1Cl. The summed E-state index contributed by atoms with van der Waals surface area (Å²) in [5.41, 5.74) is -0.837. The molecule has 3 rings (SSSR count). The van der Waals surface area contributed by atoms with Crippen LogP contribution >= 0.6 is 34.8 Å². The van der Waals surface area contributed by atoms with E-state index in [4.69, 9.17) is 34.8 Å². The molecule has 1 aromatic carbocycles. The molecule has 1 saturated carbocycles. The second kappa shape index (κ2) is 7.97. The van der Waals surface area contributed by atoms with E-state index in [1.54, 1.807) is 0 Å². The van der Waals surface area contributed by atoms with Gasteiger partial charge in [0.2, 0.25) is 5.95 Å². The molecule has 0 spiro atoms. The van der Waals surface area contributed by atoms with E-state index >= 15 is 0 Å². The van der Waals surface area contributed by atoms with Crippen LogP contribution in [-0.2, 0) is 7.05 Å². The molecule has 150 valence electrons. The molecule has 0 bridgehead atoms. The van der Waals surface area contributed by atoms with Gasteiger partial charge in [0.1, 0.15) is 11.3 Å². The van der Waals surface area contributed by atoms with Crippen LogP contribution in [0.5, 0.6) is 0 Å². The fourth-order valence-electron chi connectivity index (χ4n) is 2.93. The molecular weight excluding hydrogens is 438 g/mol. The maximum atomic E-state index is 14.4. The van der Waals surface area contributed by atoms with Crippen LogP contribution in [0.3, 0.4) is 0 Å². The number of nitrogens with zero attached hydrogens (tertiary/aromatic N) is 3. The minimum absolute atomic E-state index is 0.0540. The molecule has 1 aliphatic rings. The molecule has 4 nitrogen and oxygen atoms in total. The van der Waals surface area contributed by atoms with E-state index < -0.39 is 29.5 Å². The quantitative estimate of drug-likeness (QED) is 0.558. The maximum absolute atomic E-state index is 14.4. The van der Waals surface area contributed by atoms with Crippen LogP contribution in [0.4, 0.5) is 13.2 Å². The van der Waals surface area contributed by atoms with Gasteiger partial charge < -0.3 is 4.90 Å². The Morgan fingerprint density at radius 1 is 1.29 bits per heavy atom. The van der Waals surface area contributed by atoms with Crippen molar-refractivity contribution in [1.82, 2.24) is 14.7 Å². The van der Waals surface area contributed by atoms with Crippen molar-refractivity contribution in [1.29, 1.82) is 0 Å². The number of alkyl halides is 2. The Hall–Kier alpha value is -1.70. The van der Waals surface area contributed by atoms with Crippen molar-refractivity contribution in [3.63, 3.8) is 0 Å². The van der Waals surface area contributed by atoms with Gasteiger partial charge in [-0.05, 0) is 30.5 Å². The van der Waals surface area contributed by atoms with Gasteiger partial charge >= 0.3 is 0 Å². The number of hydrogen-bond acceptors (Lipinski definition) is 2. The lowest BCUT2D eigenvalue weighted by molar-refractivity contribution is 0.0747. The van der Waals surface area contributed by atoms with Gasteiger partial charge in [-0.2, -0.15) is 9.49 Å². The highest BCUT2D eigenvalue weighted by atomic mass is 35.5. The largest absolute Gasteiger partial charge is 0.331 e. The molecule has 1 heterocycles. The number of aryl methyl sites for hydroxylation is 1. The van der Waals surface area contributed by atoms with Crippen LogP contribution in [-0.4, -0.2) is 33.2 Å². The van der Waals surface area contributed by atoms with E-state index in [9.17, 15) is 18.0 Å². The van der Waals surface area contributed by atoms with E-state index in [1.165, 1.54) is 17.0 Å². The van der Waals surface area contributed by atoms with Crippen molar-refractivity contribution >= 4 is 46.3 Å². The molecule has 0 saturated heterocycles. The normalized spacial score (nSPS) is 13.9. The van der Waals surface area contributed by atoms with E-state index in [2.05, 4.69) is 11.7 Å². The molecule has 0 aliphatic heterocycles. The molecule has 0 N–H and O–H groups in total. The van der Waals surface area contributed by atoms with Gasteiger partial charge in [-0.25, -0.2) is 13.5 Å². The summed E-state index contributed by atoms with van der Waals surface area (Å²) in [6.45, 7) is 3.86. The van der Waals surface area contributed by atoms with Gasteiger partial charge in [-0.15, -0.1) is 0 Å². The van der Waals surface area contributed by atoms with Gasteiger partial charge in [0.25, 0.3) is 12.3 Å². The van der Waals surface area contributed by atoms with Gasteiger partial charge in [0, 0.05) is 30.2 Å². The smallest absolute Gasteiger partial charge is 0.283 e. The molecular formula is C18H15Cl3F3N3O. The van der Waals surface area contributed by atoms with Crippen LogP contribution in [0.1, 0.15) is 40.9 Å². The molecule has 1 aliphatic carbocycles. The summed E-state index contributed by atoms with van der Waals surface area (Å²) in [5, 5.41) is 4.25. The van der Waals surface area contributed by atoms with Crippen LogP contribution in [0.2, 0.25) is 15.1 Å². The predicted octanol–water partition coefficient (Wildman–Crippen LogP) is 5.78. The third-order valence-electron chi connectivity index (χ3n) is 4.39. The molecule has 0 atom stereocenters. The Morgan fingerprint density at radius 2 is 1.86 bits per heavy atom. The number of halogens is 6. The third-order valence-corrected chi connectivity index (χ3v) is 5.21. The molecule has 1 amide bonds. The monoisotopic (exact) mass is 451 g/mol. The fraction of sp³-hybridized carbons (Fsp3) is 0.333. The van der Waals surface area contributed by atoms with E-state index in [0.717, 1.165) is 7.05 Å². The summed E-state index contributed by atoms with van der Waals surface area (Å²) in [4.78, 5) is 14.2. The Labute approximate surface area is 174 Å². The van der Waals surface area contributed by atoms with E-state index in [-0.39, 0.29) is 22.6 Å². The zero-order chi connectivity index (χ0) is 20.7. The lowest BCUT2D eigenvalue weighted by atomic mass is 10.1. The highest BCUT2D eigenvalue weighted by Crippen LogP contribution is 2.37. The molecule has 1 aromatic heterocycles. The van der Waals surface area contributed by atoms with Crippen molar-refractivity contribution in [2.45, 2.75) is 25.3 Å². The lowest BCUT2D eigenvalue weighted by Gasteiger charge is -2.24. The first-order valence-electron chi connectivity index (χ1n) is 8.26. The molecule has 0 radical (unpaired) electrons. The van der Waals surface area contributed by atoms with E-state index in [1.807, 2.05) is 0 Å². The first-order chi connectivity index (χ1) is 13.1. The lowest BCUT2D eigenvalue weighted by Crippen LogP contribution is -2.35. The number of hydrogen-bond donors (Lipinski definition) is 0. The standard InChI is InChI=1S/C18H15Cl3F3N3O/c1-8(13-11(20)5-9(19)6-12(13)21)7-27(10-3-4-10)18(28)14-15(16(22)23)25-26(2)17(14)24/h5-6,10,16H,1,3-4,7H2,2H3. The third kappa shape index (κ3) is 4.02. The summed E-state index contributed by atoms with van der Waals surface area (Å²) in [5.74, 6) is -1.98. The van der Waals surface area contributed by atoms with Crippen LogP contribution in [0, 0.1) is 5.95 Å². The van der Waals surface area contributed by atoms with Gasteiger partial charge in [0.15, 0.2) is 0 Å². The average molecular weight is 453 g/mol. The van der Waals surface area contributed by atoms with Crippen LogP contribution in [0.25, 0.3) is 5.57 Å². The Morgan fingerprint density at radius 3 is 2.36 bits per heavy atom. The summed E-state index contributed by atoms with van der Waals surface area (Å²) in [6.07, 6.45) is -1.74. The zero-order valence-electron chi connectivity index (χ0n) is 14.7. The Bertz CT molecular complexity index is 934. The van der Waals surface area contributed by atoms with Crippen molar-refractivity contribution in [2.75, 3.05) is 6.54 Å². The molecule has 2 aromatic rings. The van der Waals surface area contributed by atoms with Crippen molar-refractivity contribution in [2.24, 2.45) is 7.05 Å². The number of carbonyl (C=O) groups excluding carboxylic acids is 1. The fourth-order valence-corrected chi connectivity index (χ4v) is 4.02. The Kier molecular flexibility index (Phi) is 5.98. The van der Waals surface area contributed by atoms with Crippen LogP contribution < -0.4 is 0 Å². The topological polar surface area (TPSA) is 38.1 Å². The Balaban J connectivity index is 1.94. The number of benzene rings is 1. The second-order valence-electron chi connectivity index (χ2n) is 6.49. The molecule has 10 heteroatoms. The molecule has 0 unspecified atom stereocenters. The van der Waals surface area contributed by atoms with Crippen LogP contribution in [0.15, 0.2) is 18.7 Å². The summed E-state index contributed by atoms with van der Waals surface area (Å²) >= 11 is 18.3. The first kappa shape index (κ1) is 21.0. The number of rotatable bonds is 6. The minimum Gasteiger partial charge on any atom is -0.331 e. The van der Waals surface area contributed by atoms with Gasteiger partial charge in [-0.3, -0.25) is 4.79 Å². The highest BCUT2D eigenvalue weighted by molar-refractivity contribution is 6.40. The number of amides is 1. The molecule has 1 fully saturated rings. The van der Waals surface area contributed by atoms with E-state index in [0.29, 0.717) is 33.7 Å². The summed E-state index contributed by atoms with van der Waals surface area (Å²) in [7, 11) is 1.16. The van der Waals surface area contributed by atoms with Crippen molar-refractivity contribution < 1.29 is 18.0 Å². The average Bonchev–Trinajstić information content (AvgIpc) is 3.37. The van der Waals surface area contributed by atoms with Gasteiger partial charge in [-0.1, -0.05) is 41.4 Å². The second-order valence-corrected chi connectivity index (χ2v) is 7.74.